The molecule has 28 heavy (non-hydrogen) atoms. The molecule has 0 bridgehead atoms. The van der Waals surface area contributed by atoms with Gasteiger partial charge in [0.15, 0.2) is 0 Å². The maximum Gasteiger partial charge on any atom is 0.266 e. The molecule has 1 fully saturated rings. The van der Waals surface area contributed by atoms with Crippen LogP contribution in [0, 0.1) is 13.8 Å². The number of thiocarbonyl (C=S) groups is 1. The molecule has 1 aliphatic heterocycles. The number of carbonyl (C=O) groups is 1. The normalized spacial score (nSPS) is 15.4. The minimum Gasteiger partial charge on any atom is -0.490 e. The van der Waals surface area contributed by atoms with Gasteiger partial charge in [-0.2, -0.15) is 0 Å². The zero-order valence-electron chi connectivity index (χ0n) is 16.2. The Balaban J connectivity index is 1.51. The van der Waals surface area contributed by atoms with Crippen LogP contribution in [0.15, 0.2) is 47.4 Å². The SMILES string of the molecule is CCN1C(=O)C(=Cc2ccc(OCCOc3ccc(C)cc3C)cc2)SC1=S. The van der Waals surface area contributed by atoms with E-state index in [4.69, 9.17) is 21.7 Å². The Labute approximate surface area is 175 Å². The number of hydrogen-bond donors (Lipinski definition) is 0. The number of hydrogen-bond acceptors (Lipinski definition) is 5. The molecule has 1 aliphatic rings. The van der Waals surface area contributed by atoms with Gasteiger partial charge in [-0.15, -0.1) is 0 Å². The average Bonchev–Trinajstić information content (AvgIpc) is 2.94. The molecule has 3 rings (SSSR count). The van der Waals surface area contributed by atoms with Gasteiger partial charge >= 0.3 is 0 Å². The summed E-state index contributed by atoms with van der Waals surface area (Å²) in [6, 6.07) is 13.8. The fraction of sp³-hybridized carbons (Fsp3) is 0.273. The summed E-state index contributed by atoms with van der Waals surface area (Å²) >= 11 is 6.58. The third-order valence-electron chi connectivity index (χ3n) is 4.31. The molecule has 0 N–H and O–H groups in total. The summed E-state index contributed by atoms with van der Waals surface area (Å²) in [5.74, 6) is 1.62. The molecule has 6 heteroatoms. The summed E-state index contributed by atoms with van der Waals surface area (Å²) < 4.78 is 12.1. The van der Waals surface area contributed by atoms with Gasteiger partial charge < -0.3 is 9.47 Å². The first-order chi connectivity index (χ1) is 13.5. The molecule has 1 heterocycles. The van der Waals surface area contributed by atoms with E-state index in [2.05, 4.69) is 13.0 Å². The van der Waals surface area contributed by atoms with Crippen molar-refractivity contribution in [1.29, 1.82) is 0 Å². The Morgan fingerprint density at radius 2 is 1.79 bits per heavy atom. The van der Waals surface area contributed by atoms with Gasteiger partial charge in [0, 0.05) is 6.54 Å². The van der Waals surface area contributed by atoms with E-state index in [1.54, 1.807) is 4.90 Å². The monoisotopic (exact) mass is 413 g/mol. The third kappa shape index (κ3) is 4.94. The number of ether oxygens (including phenoxy) is 2. The van der Waals surface area contributed by atoms with Crippen molar-refractivity contribution in [3.63, 3.8) is 0 Å². The lowest BCUT2D eigenvalue weighted by atomic mass is 10.1. The van der Waals surface area contributed by atoms with E-state index < -0.39 is 0 Å². The molecule has 2 aromatic carbocycles. The number of benzene rings is 2. The van der Waals surface area contributed by atoms with Crippen LogP contribution in [0.4, 0.5) is 0 Å². The fourth-order valence-corrected chi connectivity index (χ4v) is 4.24. The molecule has 146 valence electrons. The van der Waals surface area contributed by atoms with Crippen LogP contribution in [0.1, 0.15) is 23.6 Å². The number of nitrogens with zero attached hydrogens (tertiary/aromatic N) is 1. The summed E-state index contributed by atoms with van der Waals surface area (Å²) in [7, 11) is 0. The van der Waals surface area contributed by atoms with E-state index >= 15 is 0 Å². The van der Waals surface area contributed by atoms with E-state index in [0.29, 0.717) is 29.0 Å². The van der Waals surface area contributed by atoms with Gasteiger partial charge in [-0.1, -0.05) is 53.8 Å². The topological polar surface area (TPSA) is 38.8 Å². The lowest BCUT2D eigenvalue weighted by molar-refractivity contribution is -0.121. The van der Waals surface area contributed by atoms with E-state index in [1.165, 1.54) is 17.3 Å². The summed E-state index contributed by atoms with van der Waals surface area (Å²) in [6.45, 7) is 7.56. The minimum absolute atomic E-state index is 0.0265. The summed E-state index contributed by atoms with van der Waals surface area (Å²) in [4.78, 5) is 14.5. The van der Waals surface area contributed by atoms with Crippen molar-refractivity contribution in [2.45, 2.75) is 20.8 Å². The maximum atomic E-state index is 12.3. The molecule has 0 atom stereocenters. The first kappa shape index (κ1) is 20.4. The molecule has 0 aliphatic carbocycles. The number of amides is 1. The molecule has 0 unspecified atom stereocenters. The summed E-state index contributed by atoms with van der Waals surface area (Å²) in [5.41, 5.74) is 3.28. The first-order valence-corrected chi connectivity index (χ1v) is 10.4. The Kier molecular flexibility index (Phi) is 6.75. The largest absolute Gasteiger partial charge is 0.490 e. The van der Waals surface area contributed by atoms with Crippen LogP contribution in [0.2, 0.25) is 0 Å². The van der Waals surface area contributed by atoms with Gasteiger partial charge in [-0.05, 0) is 56.2 Å². The van der Waals surface area contributed by atoms with Gasteiger partial charge in [0.2, 0.25) is 0 Å². The highest BCUT2D eigenvalue weighted by atomic mass is 32.2. The standard InChI is InChI=1S/C22H23NO3S2/c1-4-23-21(24)20(28-22(23)27)14-17-6-8-18(9-7-17)25-11-12-26-19-10-5-15(2)13-16(19)3/h5-10,13-14H,4,11-12H2,1-3H3. The highest BCUT2D eigenvalue weighted by Crippen LogP contribution is 2.32. The highest BCUT2D eigenvalue weighted by molar-refractivity contribution is 8.26. The molecule has 0 aromatic heterocycles. The van der Waals surface area contributed by atoms with E-state index in [1.807, 2.05) is 56.3 Å². The fourth-order valence-electron chi connectivity index (χ4n) is 2.86. The Bertz CT molecular complexity index is 906. The van der Waals surface area contributed by atoms with Crippen LogP contribution in [0.3, 0.4) is 0 Å². The van der Waals surface area contributed by atoms with Crippen molar-refractivity contribution in [3.8, 4) is 11.5 Å². The molecule has 1 saturated heterocycles. The lowest BCUT2D eigenvalue weighted by Gasteiger charge is -2.11. The van der Waals surface area contributed by atoms with E-state index in [0.717, 1.165) is 22.6 Å². The predicted molar refractivity (Wildman–Crippen MR) is 119 cm³/mol. The zero-order valence-corrected chi connectivity index (χ0v) is 17.9. The minimum atomic E-state index is -0.0265. The number of thioether (sulfide) groups is 1. The van der Waals surface area contributed by atoms with E-state index in [9.17, 15) is 4.79 Å². The van der Waals surface area contributed by atoms with Gasteiger partial charge in [-0.25, -0.2) is 0 Å². The van der Waals surface area contributed by atoms with Crippen LogP contribution in [-0.4, -0.2) is 34.9 Å². The Morgan fingerprint density at radius 3 is 2.43 bits per heavy atom. The van der Waals surface area contributed by atoms with Crippen molar-refractivity contribution >= 4 is 40.3 Å². The van der Waals surface area contributed by atoms with Crippen molar-refractivity contribution in [3.05, 3.63) is 64.1 Å². The van der Waals surface area contributed by atoms with E-state index in [-0.39, 0.29) is 5.91 Å². The average molecular weight is 414 g/mol. The number of rotatable bonds is 7. The van der Waals surface area contributed by atoms with Crippen molar-refractivity contribution in [1.82, 2.24) is 4.90 Å². The van der Waals surface area contributed by atoms with Crippen molar-refractivity contribution in [2.24, 2.45) is 0 Å². The molecule has 4 nitrogen and oxygen atoms in total. The smallest absolute Gasteiger partial charge is 0.266 e. The van der Waals surface area contributed by atoms with Crippen LogP contribution >= 0.6 is 24.0 Å². The highest BCUT2D eigenvalue weighted by Gasteiger charge is 2.30. The molecular weight excluding hydrogens is 390 g/mol. The third-order valence-corrected chi connectivity index (χ3v) is 5.69. The maximum absolute atomic E-state index is 12.3. The number of aryl methyl sites for hydroxylation is 2. The summed E-state index contributed by atoms with van der Waals surface area (Å²) in [6.07, 6.45) is 1.86. The van der Waals surface area contributed by atoms with Gasteiger partial charge in [0.25, 0.3) is 5.91 Å². The molecule has 2 aromatic rings. The zero-order chi connectivity index (χ0) is 20.1. The van der Waals surface area contributed by atoms with Crippen LogP contribution < -0.4 is 9.47 Å². The van der Waals surface area contributed by atoms with Crippen LogP contribution in [0.25, 0.3) is 6.08 Å². The van der Waals surface area contributed by atoms with Gasteiger partial charge in [0.1, 0.15) is 29.0 Å². The lowest BCUT2D eigenvalue weighted by Crippen LogP contribution is -2.27. The molecule has 0 saturated carbocycles. The Morgan fingerprint density at radius 1 is 1.07 bits per heavy atom. The van der Waals surface area contributed by atoms with Crippen LogP contribution in [-0.2, 0) is 4.79 Å². The number of likely N-dealkylation sites (N-methyl/N-ethyl adjacent to an activating group) is 1. The number of carbonyl (C=O) groups excluding carboxylic acids is 1. The van der Waals surface area contributed by atoms with Gasteiger partial charge in [0.05, 0.1) is 4.91 Å². The predicted octanol–water partition coefficient (Wildman–Crippen LogP) is 4.98. The Hall–Kier alpha value is -2.31. The molecule has 1 amide bonds. The quantitative estimate of drug-likeness (QED) is 0.364. The molecule has 0 spiro atoms. The second kappa shape index (κ2) is 9.26. The second-order valence-electron chi connectivity index (χ2n) is 6.46. The second-order valence-corrected chi connectivity index (χ2v) is 8.14. The molecule has 0 radical (unpaired) electrons. The van der Waals surface area contributed by atoms with Crippen molar-refractivity contribution in [2.75, 3.05) is 19.8 Å². The molecular formula is C22H23NO3S2. The van der Waals surface area contributed by atoms with Gasteiger partial charge in [-0.3, -0.25) is 9.69 Å². The van der Waals surface area contributed by atoms with Crippen LogP contribution in [0.5, 0.6) is 11.5 Å². The first-order valence-electron chi connectivity index (χ1n) is 9.16. The van der Waals surface area contributed by atoms with Crippen molar-refractivity contribution < 1.29 is 14.3 Å². The summed E-state index contributed by atoms with van der Waals surface area (Å²) in [5, 5.41) is 0.